The van der Waals surface area contributed by atoms with E-state index < -0.39 is 12.6 Å². The van der Waals surface area contributed by atoms with Crippen LogP contribution in [0.3, 0.4) is 0 Å². The molecule has 0 unspecified atom stereocenters. The summed E-state index contributed by atoms with van der Waals surface area (Å²) in [5.74, 6) is 0.107. The van der Waals surface area contributed by atoms with Gasteiger partial charge < -0.3 is 19.9 Å². The number of carbonyl (C=O) groups excluding carboxylic acids is 1. The molecule has 0 bridgehead atoms. The number of carbonyl (C=O) groups is 2. The zero-order valence-electron chi connectivity index (χ0n) is 14.8. The van der Waals surface area contributed by atoms with Crippen LogP contribution in [0, 0.1) is 13.8 Å². The average molecular weight is 355 g/mol. The van der Waals surface area contributed by atoms with Gasteiger partial charge in [0.05, 0.1) is 6.61 Å². The molecule has 0 saturated carbocycles. The first kappa shape index (κ1) is 17.8. The van der Waals surface area contributed by atoms with Crippen molar-refractivity contribution in [2.24, 2.45) is 0 Å². The highest BCUT2D eigenvalue weighted by Crippen LogP contribution is 2.29. The largest absolute Gasteiger partial charge is 0.493 e. The van der Waals surface area contributed by atoms with E-state index in [0.29, 0.717) is 11.3 Å². The minimum Gasteiger partial charge on any atom is -0.493 e. The summed E-state index contributed by atoms with van der Waals surface area (Å²) >= 11 is 0. The molecule has 0 atom stereocenters. The van der Waals surface area contributed by atoms with Crippen LogP contribution in [-0.2, 0) is 11.2 Å². The topological polar surface area (TPSA) is 84.9 Å². The van der Waals surface area contributed by atoms with Crippen LogP contribution in [0.4, 0.5) is 5.69 Å². The van der Waals surface area contributed by atoms with Crippen molar-refractivity contribution in [3.63, 3.8) is 0 Å². The Morgan fingerprint density at radius 3 is 2.62 bits per heavy atom. The summed E-state index contributed by atoms with van der Waals surface area (Å²) in [6, 6.07) is 9.04. The van der Waals surface area contributed by atoms with E-state index in [4.69, 9.17) is 14.6 Å². The van der Waals surface area contributed by atoms with Gasteiger partial charge in [-0.1, -0.05) is 0 Å². The van der Waals surface area contributed by atoms with Gasteiger partial charge in [-0.25, -0.2) is 4.79 Å². The molecule has 6 nitrogen and oxygen atoms in total. The SMILES string of the molecule is Cc1cc(C(=O)Nc2ccc3c(c2)CCCO3)cc(C)c1OCC(=O)O. The quantitative estimate of drug-likeness (QED) is 0.859. The maximum absolute atomic E-state index is 12.6. The summed E-state index contributed by atoms with van der Waals surface area (Å²) in [4.78, 5) is 23.3. The van der Waals surface area contributed by atoms with E-state index in [-0.39, 0.29) is 5.91 Å². The van der Waals surface area contributed by atoms with Gasteiger partial charge >= 0.3 is 5.97 Å². The number of aryl methyl sites for hydroxylation is 3. The van der Waals surface area contributed by atoms with Crippen molar-refractivity contribution in [3.8, 4) is 11.5 Å². The molecule has 26 heavy (non-hydrogen) atoms. The molecule has 2 aromatic carbocycles. The van der Waals surface area contributed by atoms with Crippen LogP contribution >= 0.6 is 0 Å². The molecule has 136 valence electrons. The van der Waals surface area contributed by atoms with Crippen molar-refractivity contribution < 1.29 is 24.2 Å². The van der Waals surface area contributed by atoms with E-state index >= 15 is 0 Å². The van der Waals surface area contributed by atoms with Crippen molar-refractivity contribution in [1.82, 2.24) is 0 Å². The fraction of sp³-hybridized carbons (Fsp3) is 0.300. The lowest BCUT2D eigenvalue weighted by molar-refractivity contribution is -0.139. The van der Waals surface area contributed by atoms with E-state index in [1.54, 1.807) is 26.0 Å². The Morgan fingerprint density at radius 2 is 1.92 bits per heavy atom. The van der Waals surface area contributed by atoms with Crippen LogP contribution in [-0.4, -0.2) is 30.2 Å². The summed E-state index contributed by atoms with van der Waals surface area (Å²) < 4.78 is 10.9. The first-order valence-corrected chi connectivity index (χ1v) is 8.47. The normalized spacial score (nSPS) is 12.7. The number of anilines is 1. The summed E-state index contributed by atoms with van der Waals surface area (Å²) in [5.41, 5.74) is 3.75. The van der Waals surface area contributed by atoms with E-state index in [1.807, 2.05) is 18.2 Å². The maximum Gasteiger partial charge on any atom is 0.341 e. The summed E-state index contributed by atoms with van der Waals surface area (Å²) in [7, 11) is 0. The van der Waals surface area contributed by atoms with E-state index in [0.717, 1.165) is 47.6 Å². The van der Waals surface area contributed by atoms with Crippen molar-refractivity contribution >= 4 is 17.6 Å². The number of amides is 1. The number of carboxylic acid groups (broad SMARTS) is 1. The number of aliphatic carboxylic acids is 1. The number of carboxylic acids is 1. The Morgan fingerprint density at radius 1 is 1.19 bits per heavy atom. The molecule has 0 spiro atoms. The van der Waals surface area contributed by atoms with Gasteiger partial charge in [-0.15, -0.1) is 0 Å². The van der Waals surface area contributed by atoms with Crippen LogP contribution in [0.1, 0.15) is 33.5 Å². The molecule has 6 heteroatoms. The highest BCUT2D eigenvalue weighted by atomic mass is 16.5. The van der Waals surface area contributed by atoms with Gasteiger partial charge in [-0.2, -0.15) is 0 Å². The molecule has 1 heterocycles. The Balaban J connectivity index is 1.76. The molecule has 1 aliphatic rings. The highest BCUT2D eigenvalue weighted by molar-refractivity contribution is 6.04. The first-order chi connectivity index (χ1) is 12.4. The zero-order valence-corrected chi connectivity index (χ0v) is 14.8. The third-order valence-corrected chi connectivity index (χ3v) is 4.23. The molecule has 0 fully saturated rings. The minimum absolute atomic E-state index is 0.224. The van der Waals surface area contributed by atoms with Gasteiger partial charge in [0.15, 0.2) is 6.61 Å². The molecule has 2 N–H and O–H groups in total. The third-order valence-electron chi connectivity index (χ3n) is 4.23. The van der Waals surface area contributed by atoms with Crippen LogP contribution in [0.25, 0.3) is 0 Å². The summed E-state index contributed by atoms with van der Waals surface area (Å²) in [5, 5.41) is 11.7. The maximum atomic E-state index is 12.6. The second-order valence-electron chi connectivity index (χ2n) is 6.35. The smallest absolute Gasteiger partial charge is 0.341 e. The Hall–Kier alpha value is -3.02. The molecule has 0 saturated heterocycles. The van der Waals surface area contributed by atoms with Crippen LogP contribution < -0.4 is 14.8 Å². The van der Waals surface area contributed by atoms with Crippen molar-refractivity contribution in [2.75, 3.05) is 18.5 Å². The van der Waals surface area contributed by atoms with Crippen LogP contribution in [0.15, 0.2) is 30.3 Å². The zero-order chi connectivity index (χ0) is 18.7. The summed E-state index contributed by atoms with van der Waals surface area (Å²) in [6.07, 6.45) is 1.91. The molecule has 0 aromatic heterocycles. The highest BCUT2D eigenvalue weighted by Gasteiger charge is 2.15. The van der Waals surface area contributed by atoms with E-state index in [2.05, 4.69) is 5.32 Å². The molecule has 1 amide bonds. The molecular formula is C20H21NO5. The van der Waals surface area contributed by atoms with Crippen LogP contribution in [0.2, 0.25) is 0 Å². The van der Waals surface area contributed by atoms with Crippen molar-refractivity contribution in [1.29, 1.82) is 0 Å². The van der Waals surface area contributed by atoms with Gasteiger partial charge in [0.2, 0.25) is 0 Å². The van der Waals surface area contributed by atoms with Crippen LogP contribution in [0.5, 0.6) is 11.5 Å². The lowest BCUT2D eigenvalue weighted by atomic mass is 10.0. The first-order valence-electron chi connectivity index (χ1n) is 8.47. The average Bonchev–Trinajstić information content (AvgIpc) is 2.60. The summed E-state index contributed by atoms with van der Waals surface area (Å²) in [6.45, 7) is 3.90. The number of benzene rings is 2. The molecule has 0 radical (unpaired) electrons. The molecule has 2 aromatic rings. The molecule has 3 rings (SSSR count). The number of nitrogens with one attached hydrogen (secondary N) is 1. The fourth-order valence-electron chi connectivity index (χ4n) is 3.08. The van der Waals surface area contributed by atoms with E-state index in [1.165, 1.54) is 0 Å². The Bertz CT molecular complexity index is 836. The standard InChI is InChI=1S/C20H21NO5/c1-12-8-15(9-13(2)19(12)26-11-18(22)23)20(24)21-16-5-6-17-14(10-16)4-3-7-25-17/h5-6,8-10H,3-4,7,11H2,1-2H3,(H,21,24)(H,22,23). The Kier molecular flexibility index (Phi) is 5.11. The fourth-order valence-corrected chi connectivity index (χ4v) is 3.08. The lowest BCUT2D eigenvalue weighted by Crippen LogP contribution is -2.15. The predicted molar refractivity (Wildman–Crippen MR) is 97.3 cm³/mol. The molecular weight excluding hydrogens is 334 g/mol. The number of fused-ring (bicyclic) bond motifs is 1. The van der Waals surface area contributed by atoms with Crippen molar-refractivity contribution in [2.45, 2.75) is 26.7 Å². The third kappa shape index (κ3) is 3.96. The predicted octanol–water partition coefficient (Wildman–Crippen LogP) is 3.34. The molecule has 0 aliphatic carbocycles. The van der Waals surface area contributed by atoms with E-state index in [9.17, 15) is 9.59 Å². The number of hydrogen-bond acceptors (Lipinski definition) is 4. The van der Waals surface area contributed by atoms with Gasteiger partial charge in [-0.3, -0.25) is 4.79 Å². The molecule has 1 aliphatic heterocycles. The number of ether oxygens (including phenoxy) is 2. The van der Waals surface area contributed by atoms with Gasteiger partial charge in [0.25, 0.3) is 5.91 Å². The number of hydrogen-bond donors (Lipinski definition) is 2. The van der Waals surface area contributed by atoms with Gasteiger partial charge in [0, 0.05) is 11.3 Å². The van der Waals surface area contributed by atoms with Crippen molar-refractivity contribution in [3.05, 3.63) is 52.6 Å². The Labute approximate surface area is 151 Å². The van der Waals surface area contributed by atoms with Gasteiger partial charge in [0.1, 0.15) is 11.5 Å². The second-order valence-corrected chi connectivity index (χ2v) is 6.35. The second kappa shape index (κ2) is 7.47. The van der Waals surface area contributed by atoms with Gasteiger partial charge in [-0.05, 0) is 73.7 Å². The monoisotopic (exact) mass is 355 g/mol. The lowest BCUT2D eigenvalue weighted by Gasteiger charge is -2.18. The number of rotatable bonds is 5. The minimum atomic E-state index is -1.04.